The maximum atomic E-state index is 4.29. The van der Waals surface area contributed by atoms with E-state index in [0.717, 1.165) is 43.9 Å². The summed E-state index contributed by atoms with van der Waals surface area (Å²) in [5, 5.41) is 13.1. The Morgan fingerprint density at radius 2 is 1.94 bits per heavy atom. The van der Waals surface area contributed by atoms with Crippen LogP contribution in [0.4, 0.5) is 0 Å². The second-order valence-electron chi connectivity index (χ2n) is 4.42. The van der Waals surface area contributed by atoms with Crippen LogP contribution in [0.15, 0.2) is 30.3 Å². The molecule has 1 aromatic heterocycles. The van der Waals surface area contributed by atoms with Crippen LogP contribution in [-0.4, -0.2) is 41.3 Å². The van der Waals surface area contributed by atoms with E-state index in [1.54, 1.807) is 0 Å². The van der Waals surface area contributed by atoms with Crippen LogP contribution in [-0.2, 0) is 6.54 Å². The molecule has 0 atom stereocenters. The van der Waals surface area contributed by atoms with E-state index in [9.17, 15) is 0 Å². The molecule has 1 fully saturated rings. The van der Waals surface area contributed by atoms with Gasteiger partial charge in [0.25, 0.3) is 0 Å². The third kappa shape index (κ3) is 2.43. The molecule has 4 heteroatoms. The Morgan fingerprint density at radius 3 is 2.82 bits per heavy atom. The lowest BCUT2D eigenvalue weighted by Gasteiger charge is -2.26. The van der Waals surface area contributed by atoms with Crippen LogP contribution in [0.25, 0.3) is 10.9 Å². The van der Waals surface area contributed by atoms with Crippen LogP contribution < -0.4 is 5.32 Å². The zero-order valence-electron chi connectivity index (χ0n) is 9.76. The van der Waals surface area contributed by atoms with Crippen molar-refractivity contribution in [3.05, 3.63) is 36.0 Å². The molecular formula is C13H16N4. The molecule has 0 unspecified atom stereocenters. The largest absolute Gasteiger partial charge is 0.314 e. The van der Waals surface area contributed by atoms with Crippen LogP contribution in [0.3, 0.4) is 0 Å². The molecule has 88 valence electrons. The van der Waals surface area contributed by atoms with Gasteiger partial charge in [-0.05, 0) is 12.1 Å². The Morgan fingerprint density at radius 1 is 1.12 bits per heavy atom. The van der Waals surface area contributed by atoms with Gasteiger partial charge in [-0.25, -0.2) is 0 Å². The molecule has 1 aromatic carbocycles. The van der Waals surface area contributed by atoms with E-state index in [4.69, 9.17) is 0 Å². The highest BCUT2D eigenvalue weighted by molar-refractivity contribution is 5.77. The van der Waals surface area contributed by atoms with Crippen LogP contribution in [0, 0.1) is 0 Å². The predicted octanol–water partition coefficient (Wildman–Crippen LogP) is 1.03. The quantitative estimate of drug-likeness (QED) is 0.833. The van der Waals surface area contributed by atoms with Crippen molar-refractivity contribution in [1.29, 1.82) is 0 Å². The van der Waals surface area contributed by atoms with Gasteiger partial charge in [-0.1, -0.05) is 18.2 Å². The molecule has 0 amide bonds. The summed E-state index contributed by atoms with van der Waals surface area (Å²) < 4.78 is 0. The third-order valence-electron chi connectivity index (χ3n) is 3.14. The Kier molecular flexibility index (Phi) is 2.98. The van der Waals surface area contributed by atoms with Crippen molar-refractivity contribution in [2.45, 2.75) is 6.54 Å². The lowest BCUT2D eigenvalue weighted by molar-refractivity contribution is 0.230. The van der Waals surface area contributed by atoms with Crippen molar-refractivity contribution in [1.82, 2.24) is 20.4 Å². The second kappa shape index (κ2) is 4.77. The van der Waals surface area contributed by atoms with Gasteiger partial charge in [0.2, 0.25) is 0 Å². The highest BCUT2D eigenvalue weighted by atomic mass is 15.2. The van der Waals surface area contributed by atoms with Crippen molar-refractivity contribution in [3.8, 4) is 0 Å². The summed E-state index contributed by atoms with van der Waals surface area (Å²) in [5.74, 6) is 0. The fourth-order valence-corrected chi connectivity index (χ4v) is 2.20. The van der Waals surface area contributed by atoms with E-state index in [2.05, 4.69) is 32.5 Å². The van der Waals surface area contributed by atoms with Crippen molar-refractivity contribution < 1.29 is 0 Å². The molecule has 1 aliphatic heterocycles. The van der Waals surface area contributed by atoms with E-state index in [1.807, 2.05) is 18.2 Å². The van der Waals surface area contributed by atoms with Crippen LogP contribution in [0.1, 0.15) is 5.69 Å². The van der Waals surface area contributed by atoms with Crippen molar-refractivity contribution >= 4 is 10.9 Å². The summed E-state index contributed by atoms with van der Waals surface area (Å²) in [7, 11) is 0. The van der Waals surface area contributed by atoms with Gasteiger partial charge in [-0.15, -0.1) is 0 Å². The average molecular weight is 228 g/mol. The Bertz CT molecular complexity index is 506. The molecule has 0 bridgehead atoms. The number of benzene rings is 1. The lowest BCUT2D eigenvalue weighted by atomic mass is 10.2. The number of hydrogen-bond donors (Lipinski definition) is 1. The molecule has 17 heavy (non-hydrogen) atoms. The van der Waals surface area contributed by atoms with Gasteiger partial charge in [0.05, 0.1) is 11.2 Å². The van der Waals surface area contributed by atoms with E-state index in [1.165, 1.54) is 5.39 Å². The zero-order valence-corrected chi connectivity index (χ0v) is 9.76. The van der Waals surface area contributed by atoms with Gasteiger partial charge in [-0.3, -0.25) is 4.90 Å². The summed E-state index contributed by atoms with van der Waals surface area (Å²) in [4.78, 5) is 2.41. The SMILES string of the molecule is c1ccc2nnc(CN3CCNCC3)cc2c1. The number of piperazine rings is 1. The summed E-state index contributed by atoms with van der Waals surface area (Å²) in [6.45, 7) is 5.23. The van der Waals surface area contributed by atoms with Crippen LogP contribution in [0.5, 0.6) is 0 Å². The van der Waals surface area contributed by atoms with Crippen molar-refractivity contribution in [2.75, 3.05) is 26.2 Å². The summed E-state index contributed by atoms with van der Waals surface area (Å²) >= 11 is 0. The summed E-state index contributed by atoms with van der Waals surface area (Å²) in [5.41, 5.74) is 2.03. The number of nitrogens with zero attached hydrogens (tertiary/aromatic N) is 3. The molecular weight excluding hydrogens is 212 g/mol. The third-order valence-corrected chi connectivity index (χ3v) is 3.14. The Balaban J connectivity index is 1.80. The van der Waals surface area contributed by atoms with Gasteiger partial charge in [-0.2, -0.15) is 10.2 Å². The molecule has 2 aromatic rings. The van der Waals surface area contributed by atoms with Gasteiger partial charge < -0.3 is 5.32 Å². The fraction of sp³-hybridized carbons (Fsp3) is 0.385. The number of rotatable bonds is 2. The van der Waals surface area contributed by atoms with Gasteiger partial charge in [0.1, 0.15) is 0 Å². The molecule has 0 saturated carbocycles. The average Bonchev–Trinajstić information content (AvgIpc) is 2.40. The van der Waals surface area contributed by atoms with Crippen LogP contribution in [0.2, 0.25) is 0 Å². The molecule has 1 aliphatic rings. The molecule has 1 N–H and O–H groups in total. The monoisotopic (exact) mass is 228 g/mol. The topological polar surface area (TPSA) is 41.1 Å². The fourth-order valence-electron chi connectivity index (χ4n) is 2.20. The van der Waals surface area contributed by atoms with Gasteiger partial charge >= 0.3 is 0 Å². The summed E-state index contributed by atoms with van der Waals surface area (Å²) in [6, 6.07) is 10.3. The number of aromatic nitrogens is 2. The minimum absolute atomic E-state index is 0.902. The second-order valence-corrected chi connectivity index (χ2v) is 4.42. The minimum atomic E-state index is 0.902. The zero-order chi connectivity index (χ0) is 11.5. The number of nitrogens with one attached hydrogen (secondary N) is 1. The number of fused-ring (bicyclic) bond motifs is 1. The molecule has 0 spiro atoms. The standard InChI is InChI=1S/C13H16N4/c1-2-4-13-11(3-1)9-12(15-16-13)10-17-7-5-14-6-8-17/h1-4,9,14H,5-8,10H2. The molecule has 3 rings (SSSR count). The minimum Gasteiger partial charge on any atom is -0.314 e. The predicted molar refractivity (Wildman–Crippen MR) is 67.7 cm³/mol. The van der Waals surface area contributed by atoms with Crippen molar-refractivity contribution in [3.63, 3.8) is 0 Å². The first-order chi connectivity index (χ1) is 8.42. The maximum Gasteiger partial charge on any atom is 0.0929 e. The molecule has 0 radical (unpaired) electrons. The van der Waals surface area contributed by atoms with Gasteiger partial charge in [0, 0.05) is 38.1 Å². The molecule has 2 heterocycles. The van der Waals surface area contributed by atoms with E-state index in [0.29, 0.717) is 0 Å². The Hall–Kier alpha value is -1.52. The first-order valence-electron chi connectivity index (χ1n) is 6.06. The van der Waals surface area contributed by atoms with E-state index >= 15 is 0 Å². The molecule has 4 nitrogen and oxygen atoms in total. The first-order valence-corrected chi connectivity index (χ1v) is 6.06. The first kappa shape index (κ1) is 10.6. The number of hydrogen-bond acceptors (Lipinski definition) is 4. The van der Waals surface area contributed by atoms with Crippen LogP contribution >= 0.6 is 0 Å². The highest BCUT2D eigenvalue weighted by Crippen LogP contribution is 2.12. The van der Waals surface area contributed by atoms with Gasteiger partial charge in [0.15, 0.2) is 0 Å². The maximum absolute atomic E-state index is 4.29. The summed E-state index contributed by atoms with van der Waals surface area (Å²) in [6.07, 6.45) is 0. The highest BCUT2D eigenvalue weighted by Gasteiger charge is 2.10. The Labute approximate surface area is 101 Å². The molecule has 0 aliphatic carbocycles. The van der Waals surface area contributed by atoms with E-state index < -0.39 is 0 Å². The normalized spacial score (nSPS) is 17.4. The van der Waals surface area contributed by atoms with E-state index in [-0.39, 0.29) is 0 Å². The van der Waals surface area contributed by atoms with Crippen molar-refractivity contribution in [2.24, 2.45) is 0 Å². The smallest absolute Gasteiger partial charge is 0.0929 e. The molecule has 1 saturated heterocycles. The lowest BCUT2D eigenvalue weighted by Crippen LogP contribution is -2.43.